The van der Waals surface area contributed by atoms with Gasteiger partial charge in [0.05, 0.1) is 0 Å². The number of rotatable bonds is 8. The smallest absolute Gasteiger partial charge is 0.241 e. The Morgan fingerprint density at radius 1 is 0.870 bits per heavy atom. The summed E-state index contributed by atoms with van der Waals surface area (Å²) >= 11 is 0. The Morgan fingerprint density at radius 3 is 1.83 bits per heavy atom. The zero-order valence-corrected chi connectivity index (χ0v) is 15.8. The number of hydrogen-bond acceptors (Lipinski definition) is 2. The maximum absolute atomic E-state index is 6.06. The summed E-state index contributed by atoms with van der Waals surface area (Å²) in [5.41, 5.74) is 2.38. The Bertz CT molecular complexity index is 542. The van der Waals surface area contributed by atoms with Gasteiger partial charge >= 0.3 is 0 Å². The van der Waals surface area contributed by atoms with Gasteiger partial charge in [-0.15, -0.1) is 21.6 Å². The van der Waals surface area contributed by atoms with Crippen LogP contribution >= 0.6 is 21.6 Å². The normalized spacial score (nSPS) is 10.3. The lowest BCUT2D eigenvalue weighted by Gasteiger charge is -2.21. The maximum Gasteiger partial charge on any atom is 0.241 e. The molecule has 0 N–H and O–H groups in total. The third-order valence-corrected chi connectivity index (χ3v) is 3.82. The molecule has 0 saturated carbocycles. The minimum atomic E-state index is -0.250. The van der Waals surface area contributed by atoms with Crippen molar-refractivity contribution < 1.29 is 9.47 Å². The van der Waals surface area contributed by atoms with Gasteiger partial charge in [-0.05, 0) is 68.2 Å². The van der Waals surface area contributed by atoms with Crippen molar-refractivity contribution in [3.05, 3.63) is 59.7 Å². The third-order valence-electron chi connectivity index (χ3n) is 3.41. The molecule has 0 spiro atoms. The summed E-state index contributed by atoms with van der Waals surface area (Å²) in [5.74, 6) is 1.73. The largest absolute Gasteiger partial charge is 0.455 e. The first-order chi connectivity index (χ1) is 10.7. The monoisotopic (exact) mass is 352 g/mol. The Balaban J connectivity index is 0.00000264. The lowest BCUT2D eigenvalue weighted by Crippen LogP contribution is -2.24. The Kier molecular flexibility index (Phi) is 9.06. The Labute approximate surface area is 148 Å². The van der Waals surface area contributed by atoms with E-state index in [1.54, 1.807) is 0 Å². The highest BCUT2D eigenvalue weighted by molar-refractivity contribution is 7.16. The summed E-state index contributed by atoms with van der Waals surface area (Å²) in [6.45, 7) is 4.13. The highest BCUT2D eigenvalue weighted by Gasteiger charge is 2.12. The minimum absolute atomic E-state index is 0. The average Bonchev–Trinajstić information content (AvgIpc) is 2.47. The second-order valence-electron chi connectivity index (χ2n) is 5.58. The van der Waals surface area contributed by atoms with Crippen LogP contribution in [0, 0.1) is 13.8 Å². The van der Waals surface area contributed by atoms with E-state index >= 15 is 0 Å². The van der Waals surface area contributed by atoms with Crippen molar-refractivity contribution in [3.63, 3.8) is 0 Å². The van der Waals surface area contributed by atoms with Crippen LogP contribution in [0.5, 0.6) is 11.5 Å². The molecule has 0 heterocycles. The molecule has 0 amide bonds. The first-order valence-electron chi connectivity index (χ1n) is 7.84. The van der Waals surface area contributed by atoms with Crippen LogP contribution in [0.1, 0.15) is 30.4 Å². The van der Waals surface area contributed by atoms with Crippen LogP contribution in [0.4, 0.5) is 0 Å². The van der Waals surface area contributed by atoms with Gasteiger partial charge in [0.2, 0.25) is 6.29 Å². The zero-order valence-electron chi connectivity index (χ0n) is 13.8. The van der Waals surface area contributed by atoms with E-state index in [4.69, 9.17) is 9.47 Å². The minimum Gasteiger partial charge on any atom is -0.455 e. The molecule has 1 atom stereocenters. The van der Waals surface area contributed by atoms with Crippen molar-refractivity contribution >= 4 is 21.6 Å². The fourth-order valence-electron chi connectivity index (χ4n) is 2.28. The van der Waals surface area contributed by atoms with Gasteiger partial charge in [0.1, 0.15) is 11.5 Å². The molecular formula is C19H26ClO2P. The molecule has 126 valence electrons. The lowest BCUT2D eigenvalue weighted by atomic mass is 10.2. The number of benzene rings is 2. The molecule has 0 bridgehead atoms. The summed E-state index contributed by atoms with van der Waals surface area (Å²) in [7, 11) is 2.77. The lowest BCUT2D eigenvalue weighted by molar-refractivity contribution is -0.00211. The molecule has 0 saturated heterocycles. The molecule has 23 heavy (non-hydrogen) atoms. The van der Waals surface area contributed by atoms with E-state index in [9.17, 15) is 0 Å². The van der Waals surface area contributed by atoms with Gasteiger partial charge in [-0.25, -0.2) is 0 Å². The van der Waals surface area contributed by atoms with Crippen molar-refractivity contribution in [2.45, 2.75) is 39.4 Å². The van der Waals surface area contributed by atoms with Crippen molar-refractivity contribution in [2.75, 3.05) is 6.16 Å². The van der Waals surface area contributed by atoms with E-state index in [-0.39, 0.29) is 18.7 Å². The van der Waals surface area contributed by atoms with E-state index in [1.165, 1.54) is 11.1 Å². The molecule has 0 aliphatic carbocycles. The van der Waals surface area contributed by atoms with Crippen LogP contribution in [0.15, 0.2) is 48.5 Å². The van der Waals surface area contributed by atoms with E-state index < -0.39 is 0 Å². The van der Waals surface area contributed by atoms with Gasteiger partial charge in [-0.2, -0.15) is 0 Å². The SMILES string of the molecule is Cc1cccc(OC(CCCCP)Oc2cccc(C)c2)c1.Cl. The summed E-state index contributed by atoms with van der Waals surface area (Å²) in [4.78, 5) is 0. The fraction of sp³-hybridized carbons (Fsp3) is 0.368. The fourth-order valence-corrected chi connectivity index (χ4v) is 2.57. The first kappa shape index (κ1) is 19.8. The molecule has 2 aromatic rings. The highest BCUT2D eigenvalue weighted by Crippen LogP contribution is 2.21. The molecule has 2 aromatic carbocycles. The first-order valence-corrected chi connectivity index (χ1v) is 8.66. The van der Waals surface area contributed by atoms with Crippen LogP contribution in [0.3, 0.4) is 0 Å². The van der Waals surface area contributed by atoms with Crippen molar-refractivity contribution in [1.29, 1.82) is 0 Å². The van der Waals surface area contributed by atoms with E-state index in [2.05, 4.69) is 35.2 Å². The van der Waals surface area contributed by atoms with Gasteiger partial charge in [-0.3, -0.25) is 0 Å². The molecular weight excluding hydrogens is 327 g/mol. The summed E-state index contributed by atoms with van der Waals surface area (Å²) in [5, 5.41) is 0. The number of ether oxygens (including phenoxy) is 2. The summed E-state index contributed by atoms with van der Waals surface area (Å²) in [6.07, 6.45) is 4.00. The van der Waals surface area contributed by atoms with Crippen LogP contribution in [-0.2, 0) is 0 Å². The van der Waals surface area contributed by atoms with E-state index in [0.717, 1.165) is 36.9 Å². The number of unbranched alkanes of at least 4 members (excludes halogenated alkanes) is 1. The molecule has 0 fully saturated rings. The Morgan fingerprint density at radius 2 is 1.39 bits per heavy atom. The summed E-state index contributed by atoms with van der Waals surface area (Å²) in [6, 6.07) is 16.2. The quantitative estimate of drug-likeness (QED) is 0.352. The van der Waals surface area contributed by atoms with Crippen LogP contribution in [0.2, 0.25) is 0 Å². The van der Waals surface area contributed by atoms with Crippen LogP contribution < -0.4 is 9.47 Å². The second kappa shape index (κ2) is 10.5. The number of halogens is 1. The number of aryl methyl sites for hydroxylation is 2. The van der Waals surface area contributed by atoms with Gasteiger partial charge in [-0.1, -0.05) is 24.3 Å². The predicted molar refractivity (Wildman–Crippen MR) is 103 cm³/mol. The maximum atomic E-state index is 6.06. The average molecular weight is 353 g/mol. The van der Waals surface area contributed by atoms with Crippen molar-refractivity contribution in [1.82, 2.24) is 0 Å². The molecule has 0 aromatic heterocycles. The molecule has 2 rings (SSSR count). The number of hydrogen-bond donors (Lipinski definition) is 0. The van der Waals surface area contributed by atoms with Crippen LogP contribution in [0.25, 0.3) is 0 Å². The molecule has 4 heteroatoms. The van der Waals surface area contributed by atoms with Gasteiger partial charge in [0.15, 0.2) is 0 Å². The van der Waals surface area contributed by atoms with E-state index in [1.807, 2.05) is 36.4 Å². The second-order valence-corrected chi connectivity index (χ2v) is 6.16. The van der Waals surface area contributed by atoms with Crippen molar-refractivity contribution in [3.8, 4) is 11.5 Å². The van der Waals surface area contributed by atoms with Gasteiger partial charge in [0, 0.05) is 6.42 Å². The molecule has 1 unspecified atom stereocenters. The predicted octanol–water partition coefficient (Wildman–Crippen LogP) is 5.55. The van der Waals surface area contributed by atoms with E-state index in [0.29, 0.717) is 0 Å². The van der Waals surface area contributed by atoms with Crippen molar-refractivity contribution in [2.24, 2.45) is 0 Å². The Hall–Kier alpha value is -1.24. The molecule has 2 nitrogen and oxygen atoms in total. The molecule has 0 aliphatic heterocycles. The zero-order chi connectivity index (χ0) is 15.8. The topological polar surface area (TPSA) is 18.5 Å². The third kappa shape index (κ3) is 7.24. The standard InChI is InChI=1S/C19H25O2P.ClH/c1-15-7-5-9-17(13-15)20-19(11-3-4-12-22)21-18-10-6-8-16(2)14-18;/h5-10,13-14,19H,3-4,11-12,22H2,1-2H3;1H. The van der Waals surface area contributed by atoms with Crippen LogP contribution in [-0.4, -0.2) is 12.5 Å². The molecule has 0 radical (unpaired) electrons. The summed E-state index contributed by atoms with van der Waals surface area (Å²) < 4.78 is 12.1. The van der Waals surface area contributed by atoms with Gasteiger partial charge in [0.25, 0.3) is 0 Å². The highest BCUT2D eigenvalue weighted by atomic mass is 35.5. The van der Waals surface area contributed by atoms with Gasteiger partial charge < -0.3 is 9.47 Å². The molecule has 0 aliphatic rings.